The predicted octanol–water partition coefficient (Wildman–Crippen LogP) is 2.78. The summed E-state index contributed by atoms with van der Waals surface area (Å²) >= 11 is 0. The van der Waals surface area contributed by atoms with E-state index in [-0.39, 0.29) is 29.9 Å². The van der Waals surface area contributed by atoms with Crippen molar-refractivity contribution in [1.82, 2.24) is 15.5 Å². The normalized spacial score (nSPS) is 14.0. The van der Waals surface area contributed by atoms with E-state index in [1.165, 1.54) is 0 Å². The van der Waals surface area contributed by atoms with Gasteiger partial charge in [-0.2, -0.15) is 0 Å². The fraction of sp³-hybridized carbons (Fsp3) is 0.444. The van der Waals surface area contributed by atoms with Gasteiger partial charge >= 0.3 is 0 Å². The van der Waals surface area contributed by atoms with Gasteiger partial charge in [-0.25, -0.2) is 4.99 Å². The van der Waals surface area contributed by atoms with Crippen molar-refractivity contribution < 1.29 is 4.79 Å². The van der Waals surface area contributed by atoms with Gasteiger partial charge in [0.15, 0.2) is 5.96 Å². The van der Waals surface area contributed by atoms with Crippen LogP contribution in [0.3, 0.4) is 0 Å². The van der Waals surface area contributed by atoms with Crippen molar-refractivity contribution in [3.8, 4) is 0 Å². The highest BCUT2D eigenvalue weighted by Crippen LogP contribution is 2.14. The maximum absolute atomic E-state index is 12.4. The molecule has 2 N–H and O–H groups in total. The molecule has 0 atom stereocenters. The van der Waals surface area contributed by atoms with Crippen LogP contribution in [0.1, 0.15) is 35.7 Å². The number of amides is 1. The molecule has 0 spiro atoms. The molecule has 5 nitrogen and oxygen atoms in total. The fourth-order valence-corrected chi connectivity index (χ4v) is 2.59. The number of carbonyl (C=O) groups excluding carboxylic acids is 1. The second kappa shape index (κ2) is 11.1. The van der Waals surface area contributed by atoms with Gasteiger partial charge in [0.2, 0.25) is 0 Å². The molecule has 0 saturated carbocycles. The van der Waals surface area contributed by atoms with Crippen LogP contribution in [-0.2, 0) is 6.54 Å². The average molecular weight is 442 g/mol. The third-order valence-electron chi connectivity index (χ3n) is 3.75. The summed E-state index contributed by atoms with van der Waals surface area (Å²) in [6.07, 6.45) is 4.01. The first kappa shape index (κ1) is 20.5. The van der Waals surface area contributed by atoms with Gasteiger partial charge in [0.05, 0.1) is 6.54 Å². The molecule has 1 aliphatic rings. The quantitative estimate of drug-likeness (QED) is 0.308. The zero-order chi connectivity index (χ0) is 16.5. The summed E-state index contributed by atoms with van der Waals surface area (Å²) in [4.78, 5) is 18.9. The third kappa shape index (κ3) is 6.14. The number of carbonyl (C=O) groups is 1. The van der Waals surface area contributed by atoms with E-state index in [4.69, 9.17) is 0 Å². The molecule has 0 aliphatic carbocycles. The molecule has 6 heteroatoms. The smallest absolute Gasteiger partial charge is 0.253 e. The SMILES string of the molecule is C=CCNC(=NCc1cccc(C(=O)N2CCCC2)c1)NCC.I. The molecule has 1 aliphatic heterocycles. The Kier molecular flexibility index (Phi) is 9.44. The number of guanidine groups is 1. The Morgan fingerprint density at radius 3 is 2.75 bits per heavy atom. The second-order valence-corrected chi connectivity index (χ2v) is 5.56. The van der Waals surface area contributed by atoms with Crippen molar-refractivity contribution >= 4 is 35.8 Å². The van der Waals surface area contributed by atoms with Gasteiger partial charge in [-0.3, -0.25) is 4.79 Å². The number of hydrogen-bond acceptors (Lipinski definition) is 2. The van der Waals surface area contributed by atoms with Gasteiger partial charge < -0.3 is 15.5 Å². The van der Waals surface area contributed by atoms with E-state index in [0.29, 0.717) is 13.1 Å². The zero-order valence-corrected chi connectivity index (χ0v) is 16.6. The molecule has 0 radical (unpaired) electrons. The van der Waals surface area contributed by atoms with E-state index in [1.807, 2.05) is 36.1 Å². The van der Waals surface area contributed by atoms with Crippen molar-refractivity contribution in [3.63, 3.8) is 0 Å². The maximum atomic E-state index is 12.4. The van der Waals surface area contributed by atoms with Crippen molar-refractivity contribution in [1.29, 1.82) is 0 Å². The summed E-state index contributed by atoms with van der Waals surface area (Å²) in [5, 5.41) is 6.35. The third-order valence-corrected chi connectivity index (χ3v) is 3.75. The minimum atomic E-state index is 0. The minimum absolute atomic E-state index is 0. The molecule has 132 valence electrons. The van der Waals surface area contributed by atoms with Gasteiger partial charge in [0, 0.05) is 31.7 Å². The molecule has 1 saturated heterocycles. The lowest BCUT2D eigenvalue weighted by atomic mass is 10.1. The summed E-state index contributed by atoms with van der Waals surface area (Å²) < 4.78 is 0. The zero-order valence-electron chi connectivity index (χ0n) is 14.3. The Hall–Kier alpha value is -1.57. The standard InChI is InChI=1S/C18H26N4O.HI/c1-3-10-20-18(19-4-2)21-14-15-8-7-9-16(13-15)17(23)22-11-5-6-12-22;/h3,7-9,13H,1,4-6,10-12,14H2,2H3,(H2,19,20,21);1H. The van der Waals surface area contributed by atoms with Gasteiger partial charge in [-0.15, -0.1) is 30.6 Å². The van der Waals surface area contributed by atoms with E-state index in [0.717, 1.165) is 49.6 Å². The molecular weight excluding hydrogens is 415 g/mol. The van der Waals surface area contributed by atoms with Crippen LogP contribution in [0.15, 0.2) is 41.9 Å². The van der Waals surface area contributed by atoms with Gasteiger partial charge in [-0.05, 0) is 37.5 Å². The van der Waals surface area contributed by atoms with Crippen LogP contribution in [0.5, 0.6) is 0 Å². The molecule has 1 aromatic carbocycles. The van der Waals surface area contributed by atoms with E-state index in [9.17, 15) is 4.79 Å². The molecule has 1 aromatic rings. The average Bonchev–Trinajstić information content (AvgIpc) is 3.11. The lowest BCUT2D eigenvalue weighted by molar-refractivity contribution is 0.0792. The van der Waals surface area contributed by atoms with Gasteiger partial charge in [-0.1, -0.05) is 18.2 Å². The molecule has 24 heavy (non-hydrogen) atoms. The molecule has 0 unspecified atom stereocenters. The van der Waals surface area contributed by atoms with E-state index >= 15 is 0 Å². The maximum Gasteiger partial charge on any atom is 0.253 e. The Morgan fingerprint density at radius 2 is 2.08 bits per heavy atom. The van der Waals surface area contributed by atoms with Crippen LogP contribution in [0.25, 0.3) is 0 Å². The minimum Gasteiger partial charge on any atom is -0.357 e. The largest absolute Gasteiger partial charge is 0.357 e. The lowest BCUT2D eigenvalue weighted by Gasteiger charge is -2.15. The predicted molar refractivity (Wildman–Crippen MR) is 110 cm³/mol. The van der Waals surface area contributed by atoms with Crippen LogP contribution < -0.4 is 10.6 Å². The van der Waals surface area contributed by atoms with Crippen molar-refractivity contribution in [2.75, 3.05) is 26.2 Å². The molecular formula is C18H27IN4O. The highest BCUT2D eigenvalue weighted by molar-refractivity contribution is 14.0. The number of halogens is 1. The fourth-order valence-electron chi connectivity index (χ4n) is 2.59. The van der Waals surface area contributed by atoms with Gasteiger partial charge in [0.1, 0.15) is 0 Å². The topological polar surface area (TPSA) is 56.7 Å². The number of aliphatic imine (C=N–C) groups is 1. The molecule has 1 amide bonds. The Labute approximate surface area is 161 Å². The molecule has 0 bridgehead atoms. The van der Waals surface area contributed by atoms with Crippen LogP contribution in [0.4, 0.5) is 0 Å². The second-order valence-electron chi connectivity index (χ2n) is 5.56. The van der Waals surface area contributed by atoms with Crippen molar-refractivity contribution in [2.24, 2.45) is 4.99 Å². The number of rotatable bonds is 6. The van der Waals surface area contributed by atoms with E-state index in [1.54, 1.807) is 6.08 Å². The highest BCUT2D eigenvalue weighted by Gasteiger charge is 2.19. The van der Waals surface area contributed by atoms with Crippen LogP contribution in [-0.4, -0.2) is 42.9 Å². The Balaban J connectivity index is 0.00000288. The first-order valence-electron chi connectivity index (χ1n) is 8.26. The van der Waals surface area contributed by atoms with Gasteiger partial charge in [0.25, 0.3) is 5.91 Å². The van der Waals surface area contributed by atoms with Crippen LogP contribution in [0, 0.1) is 0 Å². The number of nitrogens with one attached hydrogen (secondary N) is 2. The summed E-state index contributed by atoms with van der Waals surface area (Å²) in [7, 11) is 0. The van der Waals surface area contributed by atoms with Crippen LogP contribution >= 0.6 is 24.0 Å². The Bertz CT molecular complexity index is 568. The Morgan fingerprint density at radius 1 is 1.33 bits per heavy atom. The highest BCUT2D eigenvalue weighted by atomic mass is 127. The number of benzene rings is 1. The summed E-state index contributed by atoms with van der Waals surface area (Å²) in [5.74, 6) is 0.883. The van der Waals surface area contributed by atoms with Crippen molar-refractivity contribution in [3.05, 3.63) is 48.0 Å². The molecule has 1 heterocycles. The van der Waals surface area contributed by atoms with E-state index in [2.05, 4.69) is 22.2 Å². The lowest BCUT2D eigenvalue weighted by Crippen LogP contribution is -2.37. The monoisotopic (exact) mass is 442 g/mol. The molecule has 0 aromatic heterocycles. The summed E-state index contributed by atoms with van der Waals surface area (Å²) in [6, 6.07) is 7.76. The van der Waals surface area contributed by atoms with Crippen LogP contribution in [0.2, 0.25) is 0 Å². The van der Waals surface area contributed by atoms with Crippen molar-refractivity contribution in [2.45, 2.75) is 26.3 Å². The number of likely N-dealkylation sites (tertiary alicyclic amines) is 1. The number of hydrogen-bond donors (Lipinski definition) is 2. The first-order valence-corrected chi connectivity index (χ1v) is 8.26. The molecule has 1 fully saturated rings. The van der Waals surface area contributed by atoms with E-state index < -0.39 is 0 Å². The first-order chi connectivity index (χ1) is 11.2. The summed E-state index contributed by atoms with van der Waals surface area (Å²) in [5.41, 5.74) is 1.79. The summed E-state index contributed by atoms with van der Waals surface area (Å²) in [6.45, 7) is 9.47. The molecule has 2 rings (SSSR count). The number of nitrogens with zero attached hydrogens (tertiary/aromatic N) is 2.